The van der Waals surface area contributed by atoms with Gasteiger partial charge in [-0.3, -0.25) is 0 Å². The van der Waals surface area contributed by atoms with E-state index in [4.69, 9.17) is 17.3 Å². The molecule has 0 amide bonds. The van der Waals surface area contributed by atoms with Gasteiger partial charge in [0.15, 0.2) is 5.15 Å². The van der Waals surface area contributed by atoms with Gasteiger partial charge >= 0.3 is 0 Å². The standard InChI is InChI=1S/C14H16ClN3/c1-14(2,3)10-6-4-9(5-7-10)11-8-12(16)17-18-13(11)15/h4-8H,1-3H3,(H2,16,17). The van der Waals surface area contributed by atoms with E-state index in [0.29, 0.717) is 11.0 Å². The number of nitrogens with two attached hydrogens (primary N) is 1. The predicted octanol–water partition coefficient (Wildman–Crippen LogP) is 3.68. The maximum Gasteiger partial charge on any atom is 0.159 e. The first-order valence-corrected chi connectivity index (χ1v) is 6.15. The Bertz CT molecular complexity index is 556. The van der Waals surface area contributed by atoms with E-state index in [2.05, 4.69) is 43.1 Å². The molecule has 0 bridgehead atoms. The van der Waals surface area contributed by atoms with Crippen molar-refractivity contribution in [2.45, 2.75) is 26.2 Å². The quantitative estimate of drug-likeness (QED) is 0.852. The number of hydrogen-bond acceptors (Lipinski definition) is 3. The van der Waals surface area contributed by atoms with Crippen LogP contribution in [0, 0.1) is 0 Å². The molecule has 1 aromatic carbocycles. The number of hydrogen-bond donors (Lipinski definition) is 1. The fraction of sp³-hybridized carbons (Fsp3) is 0.286. The van der Waals surface area contributed by atoms with Crippen LogP contribution in [-0.2, 0) is 5.41 Å². The Morgan fingerprint density at radius 2 is 1.67 bits per heavy atom. The second-order valence-corrected chi connectivity index (χ2v) is 5.66. The van der Waals surface area contributed by atoms with Crippen LogP contribution < -0.4 is 5.73 Å². The van der Waals surface area contributed by atoms with Gasteiger partial charge in [-0.05, 0) is 22.6 Å². The Morgan fingerprint density at radius 1 is 1.06 bits per heavy atom. The molecule has 94 valence electrons. The molecule has 2 rings (SSSR count). The first kappa shape index (κ1) is 12.8. The van der Waals surface area contributed by atoms with Crippen LogP contribution in [0.15, 0.2) is 30.3 Å². The third-order valence-corrected chi connectivity index (χ3v) is 3.11. The van der Waals surface area contributed by atoms with Crippen molar-refractivity contribution in [3.8, 4) is 11.1 Å². The Labute approximate surface area is 112 Å². The van der Waals surface area contributed by atoms with Crippen LogP contribution in [0.2, 0.25) is 5.15 Å². The number of halogens is 1. The fourth-order valence-corrected chi connectivity index (χ4v) is 1.95. The lowest BCUT2D eigenvalue weighted by Crippen LogP contribution is -2.10. The molecule has 0 saturated heterocycles. The van der Waals surface area contributed by atoms with Gasteiger partial charge in [-0.1, -0.05) is 56.6 Å². The second-order valence-electron chi connectivity index (χ2n) is 5.30. The van der Waals surface area contributed by atoms with Crippen LogP contribution in [-0.4, -0.2) is 10.2 Å². The summed E-state index contributed by atoms with van der Waals surface area (Å²) in [5.41, 5.74) is 8.85. The minimum absolute atomic E-state index is 0.137. The van der Waals surface area contributed by atoms with Gasteiger partial charge in [0, 0.05) is 5.56 Å². The molecule has 1 aromatic heterocycles. The van der Waals surface area contributed by atoms with Gasteiger partial charge in [-0.15, -0.1) is 10.2 Å². The van der Waals surface area contributed by atoms with Gasteiger partial charge in [0.05, 0.1) is 0 Å². The Morgan fingerprint density at radius 3 is 2.22 bits per heavy atom. The average molecular weight is 262 g/mol. The van der Waals surface area contributed by atoms with E-state index in [1.54, 1.807) is 6.07 Å². The molecule has 0 unspecified atom stereocenters. The summed E-state index contributed by atoms with van der Waals surface area (Å²) in [7, 11) is 0. The van der Waals surface area contributed by atoms with Gasteiger partial charge in [-0.25, -0.2) is 0 Å². The summed E-state index contributed by atoms with van der Waals surface area (Å²) in [6.45, 7) is 6.54. The number of rotatable bonds is 1. The molecule has 0 saturated carbocycles. The highest BCUT2D eigenvalue weighted by Gasteiger charge is 2.14. The maximum absolute atomic E-state index is 6.03. The van der Waals surface area contributed by atoms with Crippen molar-refractivity contribution >= 4 is 17.4 Å². The third-order valence-electron chi connectivity index (χ3n) is 2.83. The van der Waals surface area contributed by atoms with E-state index < -0.39 is 0 Å². The molecule has 18 heavy (non-hydrogen) atoms. The van der Waals surface area contributed by atoms with Crippen molar-refractivity contribution in [2.24, 2.45) is 0 Å². The number of benzene rings is 1. The summed E-state index contributed by atoms with van der Waals surface area (Å²) in [6, 6.07) is 10.00. The van der Waals surface area contributed by atoms with E-state index in [1.807, 2.05) is 12.1 Å². The lowest BCUT2D eigenvalue weighted by molar-refractivity contribution is 0.590. The molecule has 4 heteroatoms. The number of nitrogens with zero attached hydrogens (tertiary/aromatic N) is 2. The zero-order valence-corrected chi connectivity index (χ0v) is 11.5. The summed E-state index contributed by atoms with van der Waals surface area (Å²) in [5, 5.41) is 7.90. The molecule has 1 heterocycles. The molecule has 2 N–H and O–H groups in total. The molecular weight excluding hydrogens is 246 g/mol. The number of nitrogen functional groups attached to an aromatic ring is 1. The third kappa shape index (κ3) is 2.62. The van der Waals surface area contributed by atoms with Crippen LogP contribution >= 0.6 is 11.6 Å². The van der Waals surface area contributed by atoms with Crippen molar-refractivity contribution in [3.63, 3.8) is 0 Å². The molecule has 3 nitrogen and oxygen atoms in total. The van der Waals surface area contributed by atoms with Crippen molar-refractivity contribution in [3.05, 3.63) is 41.0 Å². The predicted molar refractivity (Wildman–Crippen MR) is 75.6 cm³/mol. The second kappa shape index (κ2) is 4.58. The highest BCUT2D eigenvalue weighted by atomic mass is 35.5. The minimum Gasteiger partial charge on any atom is -0.382 e. The van der Waals surface area contributed by atoms with Crippen molar-refractivity contribution in [1.82, 2.24) is 10.2 Å². The largest absolute Gasteiger partial charge is 0.382 e. The summed E-state index contributed by atoms with van der Waals surface area (Å²) < 4.78 is 0. The monoisotopic (exact) mass is 261 g/mol. The van der Waals surface area contributed by atoms with Gasteiger partial charge in [0.2, 0.25) is 0 Å². The molecule has 0 radical (unpaired) electrons. The van der Waals surface area contributed by atoms with E-state index in [1.165, 1.54) is 5.56 Å². The minimum atomic E-state index is 0.137. The van der Waals surface area contributed by atoms with Crippen LogP contribution in [0.5, 0.6) is 0 Å². The normalized spacial score (nSPS) is 11.6. The van der Waals surface area contributed by atoms with Gasteiger partial charge < -0.3 is 5.73 Å². The number of anilines is 1. The van der Waals surface area contributed by atoms with Crippen LogP contribution in [0.3, 0.4) is 0 Å². The zero-order chi connectivity index (χ0) is 13.3. The van der Waals surface area contributed by atoms with Crippen molar-refractivity contribution < 1.29 is 0 Å². The first-order valence-electron chi connectivity index (χ1n) is 5.77. The smallest absolute Gasteiger partial charge is 0.159 e. The molecular formula is C14H16ClN3. The Balaban J connectivity index is 2.43. The fourth-order valence-electron chi connectivity index (χ4n) is 1.74. The lowest BCUT2D eigenvalue weighted by Gasteiger charge is -2.19. The van der Waals surface area contributed by atoms with Crippen molar-refractivity contribution in [1.29, 1.82) is 0 Å². The molecule has 0 aliphatic carbocycles. The summed E-state index contributed by atoms with van der Waals surface area (Å²) in [4.78, 5) is 0. The van der Waals surface area contributed by atoms with E-state index >= 15 is 0 Å². The maximum atomic E-state index is 6.03. The molecule has 2 aromatic rings. The van der Waals surface area contributed by atoms with Gasteiger partial charge in [0.25, 0.3) is 0 Å². The SMILES string of the molecule is CC(C)(C)c1ccc(-c2cc(N)nnc2Cl)cc1. The van der Waals surface area contributed by atoms with Gasteiger partial charge in [0.1, 0.15) is 5.82 Å². The molecule has 0 spiro atoms. The first-order chi connectivity index (χ1) is 8.38. The molecule has 0 aliphatic rings. The highest BCUT2D eigenvalue weighted by Crippen LogP contribution is 2.29. The molecule has 0 atom stereocenters. The van der Waals surface area contributed by atoms with Gasteiger partial charge in [-0.2, -0.15) is 0 Å². The van der Waals surface area contributed by atoms with Crippen LogP contribution in [0.25, 0.3) is 11.1 Å². The number of aromatic nitrogens is 2. The highest BCUT2D eigenvalue weighted by molar-refractivity contribution is 6.32. The zero-order valence-electron chi connectivity index (χ0n) is 10.7. The average Bonchev–Trinajstić information content (AvgIpc) is 2.31. The van der Waals surface area contributed by atoms with Crippen molar-refractivity contribution in [2.75, 3.05) is 5.73 Å². The molecule has 0 fully saturated rings. The van der Waals surface area contributed by atoms with E-state index in [0.717, 1.165) is 11.1 Å². The summed E-state index contributed by atoms with van der Waals surface area (Å²) in [5.74, 6) is 0.370. The molecule has 0 aliphatic heterocycles. The lowest BCUT2D eigenvalue weighted by atomic mass is 9.86. The van der Waals surface area contributed by atoms with Crippen LogP contribution in [0.1, 0.15) is 26.3 Å². The Hall–Kier alpha value is -1.61. The van der Waals surface area contributed by atoms with E-state index in [-0.39, 0.29) is 5.41 Å². The summed E-state index contributed by atoms with van der Waals surface area (Å²) in [6.07, 6.45) is 0. The topological polar surface area (TPSA) is 51.8 Å². The summed E-state index contributed by atoms with van der Waals surface area (Å²) >= 11 is 6.03. The van der Waals surface area contributed by atoms with E-state index in [9.17, 15) is 0 Å². The van der Waals surface area contributed by atoms with Crippen LogP contribution in [0.4, 0.5) is 5.82 Å². The Kier molecular flexibility index (Phi) is 3.26.